The number of allylic oxidation sites excluding steroid dienone is 4. The van der Waals surface area contributed by atoms with Crippen molar-refractivity contribution >= 4 is 0 Å². The van der Waals surface area contributed by atoms with Gasteiger partial charge in [0, 0.05) is 0 Å². The Bertz CT molecular complexity index is 191. The van der Waals surface area contributed by atoms with E-state index in [2.05, 4.69) is 45.0 Å². The van der Waals surface area contributed by atoms with E-state index in [0.29, 0.717) is 0 Å². The maximum absolute atomic E-state index is 2.56. The summed E-state index contributed by atoms with van der Waals surface area (Å²) in [5, 5.41) is 0. The summed E-state index contributed by atoms with van der Waals surface area (Å²) in [4.78, 5) is 0. The zero-order valence-electron chi connectivity index (χ0n) is 8.37. The topological polar surface area (TPSA) is 0 Å². The molecule has 0 heterocycles. The van der Waals surface area contributed by atoms with E-state index in [9.17, 15) is 0 Å². The molecule has 1 aliphatic rings. The van der Waals surface area contributed by atoms with Crippen LogP contribution in [0.15, 0.2) is 23.8 Å². The molecule has 0 aromatic rings. The SMILES string of the molecule is CC[CH]([Pt])CC1=CCCC=CCC1. The van der Waals surface area contributed by atoms with Crippen LogP contribution in [0.5, 0.6) is 0 Å². The molecule has 1 aliphatic carbocycles. The molecule has 1 unspecified atom stereocenters. The van der Waals surface area contributed by atoms with Crippen LogP contribution in [0.2, 0.25) is 4.31 Å². The molecule has 0 spiro atoms. The first-order valence-electron chi connectivity index (χ1n) is 5.26. The second kappa shape index (κ2) is 6.60. The summed E-state index contributed by atoms with van der Waals surface area (Å²) in [7, 11) is 0. The van der Waals surface area contributed by atoms with Crippen molar-refractivity contribution in [3.8, 4) is 0 Å². The Morgan fingerprint density at radius 2 is 2.08 bits per heavy atom. The third-order valence-corrected chi connectivity index (χ3v) is 3.85. The minimum absolute atomic E-state index is 0.842. The van der Waals surface area contributed by atoms with Gasteiger partial charge in [0.1, 0.15) is 0 Å². The Balaban J connectivity index is 2.38. The van der Waals surface area contributed by atoms with Gasteiger partial charge in [0.15, 0.2) is 0 Å². The minimum atomic E-state index is 0.842. The van der Waals surface area contributed by atoms with Crippen molar-refractivity contribution in [1.82, 2.24) is 0 Å². The first-order chi connectivity index (χ1) is 6.33. The first-order valence-corrected chi connectivity index (χ1v) is 6.57. The van der Waals surface area contributed by atoms with Gasteiger partial charge >= 0.3 is 93.4 Å². The molecule has 1 atom stereocenters. The monoisotopic (exact) mass is 358 g/mol. The molecule has 1 heteroatoms. The summed E-state index contributed by atoms with van der Waals surface area (Å²) in [6.07, 6.45) is 14.7. The Hall–Kier alpha value is 0.168. The maximum atomic E-state index is 2.56. The van der Waals surface area contributed by atoms with Gasteiger partial charge < -0.3 is 0 Å². The number of rotatable bonds is 3. The van der Waals surface area contributed by atoms with Gasteiger partial charge in [-0.05, 0) is 0 Å². The molecule has 0 fully saturated rings. The molecule has 1 rings (SSSR count). The Kier molecular flexibility index (Phi) is 5.71. The van der Waals surface area contributed by atoms with Crippen molar-refractivity contribution < 1.29 is 19.8 Å². The number of hydrogen-bond donors (Lipinski definition) is 0. The molecule has 0 saturated heterocycles. The quantitative estimate of drug-likeness (QED) is 0.664. The normalized spacial score (nSPS) is 20.4. The van der Waals surface area contributed by atoms with Crippen molar-refractivity contribution in [2.75, 3.05) is 0 Å². The molecule has 0 aromatic carbocycles. The van der Waals surface area contributed by atoms with Gasteiger partial charge in [-0.1, -0.05) is 0 Å². The molecule has 0 radical (unpaired) electrons. The van der Waals surface area contributed by atoms with Crippen LogP contribution in [0.1, 0.15) is 45.4 Å². The van der Waals surface area contributed by atoms with Crippen molar-refractivity contribution in [3.63, 3.8) is 0 Å². The van der Waals surface area contributed by atoms with Crippen LogP contribution in [0.4, 0.5) is 0 Å². The van der Waals surface area contributed by atoms with E-state index in [4.69, 9.17) is 0 Å². The van der Waals surface area contributed by atoms with Gasteiger partial charge in [0.05, 0.1) is 0 Å². The third-order valence-electron chi connectivity index (χ3n) is 2.45. The summed E-state index contributed by atoms with van der Waals surface area (Å²) in [6, 6.07) is 0. The van der Waals surface area contributed by atoms with Gasteiger partial charge in [0.25, 0.3) is 0 Å². The Morgan fingerprint density at radius 1 is 1.31 bits per heavy atom. The summed E-state index contributed by atoms with van der Waals surface area (Å²) >= 11 is 2.56. The molecule has 0 N–H and O–H groups in total. The van der Waals surface area contributed by atoms with Gasteiger partial charge in [-0.25, -0.2) is 0 Å². The Labute approximate surface area is 93.4 Å². The molecule has 0 nitrogen and oxygen atoms in total. The van der Waals surface area contributed by atoms with Gasteiger partial charge in [0.2, 0.25) is 0 Å². The van der Waals surface area contributed by atoms with E-state index in [-0.39, 0.29) is 0 Å². The van der Waals surface area contributed by atoms with E-state index in [1.165, 1.54) is 38.5 Å². The van der Waals surface area contributed by atoms with Crippen molar-refractivity contribution in [2.45, 2.75) is 49.8 Å². The van der Waals surface area contributed by atoms with Crippen LogP contribution >= 0.6 is 0 Å². The van der Waals surface area contributed by atoms with E-state index in [0.717, 1.165) is 4.31 Å². The van der Waals surface area contributed by atoms with Crippen LogP contribution in [-0.2, 0) is 19.8 Å². The van der Waals surface area contributed by atoms with Gasteiger partial charge in [-0.3, -0.25) is 0 Å². The fourth-order valence-corrected chi connectivity index (χ4v) is 2.18. The van der Waals surface area contributed by atoms with Gasteiger partial charge in [-0.15, -0.1) is 0 Å². The second-order valence-electron chi connectivity index (χ2n) is 3.61. The fourth-order valence-electron chi connectivity index (χ4n) is 1.59. The predicted octanol–water partition coefficient (Wildman–Crippen LogP) is 4.18. The van der Waals surface area contributed by atoms with Crippen molar-refractivity contribution in [3.05, 3.63) is 23.8 Å². The molecule has 77 valence electrons. The van der Waals surface area contributed by atoms with Crippen molar-refractivity contribution in [1.29, 1.82) is 0 Å². The zero-order chi connectivity index (χ0) is 9.52. The summed E-state index contributed by atoms with van der Waals surface area (Å²) < 4.78 is 0.842. The molecule has 0 aromatic heterocycles. The molecule has 0 bridgehead atoms. The van der Waals surface area contributed by atoms with Crippen LogP contribution in [0.25, 0.3) is 0 Å². The molecular formula is C12H19Pt. The molecule has 0 saturated carbocycles. The second-order valence-corrected chi connectivity index (χ2v) is 5.46. The van der Waals surface area contributed by atoms with E-state index in [1.807, 2.05) is 0 Å². The average molecular weight is 358 g/mol. The molecule has 0 aliphatic heterocycles. The Morgan fingerprint density at radius 3 is 2.85 bits per heavy atom. The summed E-state index contributed by atoms with van der Waals surface area (Å²) in [5.74, 6) is 0. The van der Waals surface area contributed by atoms with Crippen molar-refractivity contribution in [2.24, 2.45) is 0 Å². The van der Waals surface area contributed by atoms with Crippen LogP contribution < -0.4 is 0 Å². The first kappa shape index (κ1) is 11.2. The standard InChI is InChI=1S/C12H19.Pt/c1-2-3-9-12-10-7-5-4-6-8-11-12;/h3-5,11H,2,6-10H2,1H3;. The average Bonchev–Trinajstić information content (AvgIpc) is 2.09. The summed E-state index contributed by atoms with van der Waals surface area (Å²) in [5.41, 5.74) is 1.69. The molecule has 13 heavy (non-hydrogen) atoms. The van der Waals surface area contributed by atoms with E-state index in [1.54, 1.807) is 5.57 Å². The summed E-state index contributed by atoms with van der Waals surface area (Å²) in [6.45, 7) is 2.28. The van der Waals surface area contributed by atoms with Gasteiger partial charge in [-0.2, -0.15) is 0 Å². The predicted molar refractivity (Wildman–Crippen MR) is 54.3 cm³/mol. The molecule has 0 amide bonds. The van der Waals surface area contributed by atoms with Crippen LogP contribution in [-0.4, -0.2) is 0 Å². The van der Waals surface area contributed by atoms with E-state index < -0.39 is 0 Å². The zero-order valence-corrected chi connectivity index (χ0v) is 10.6. The molecular weight excluding hydrogens is 339 g/mol. The fraction of sp³-hybridized carbons (Fsp3) is 0.667. The van der Waals surface area contributed by atoms with E-state index >= 15 is 0 Å². The number of hydrogen-bond acceptors (Lipinski definition) is 0. The van der Waals surface area contributed by atoms with Crippen LogP contribution in [0.3, 0.4) is 0 Å². The van der Waals surface area contributed by atoms with Crippen LogP contribution in [0, 0.1) is 0 Å². The third kappa shape index (κ3) is 4.81.